The number of sulfonamides is 1. The molecule has 0 aliphatic rings. The molecule has 0 saturated heterocycles. The van der Waals surface area contributed by atoms with Gasteiger partial charge in [-0.1, -0.05) is 13.8 Å². The molecule has 0 aliphatic carbocycles. The van der Waals surface area contributed by atoms with Crippen molar-refractivity contribution in [2.24, 2.45) is 0 Å². The van der Waals surface area contributed by atoms with Crippen molar-refractivity contribution in [2.75, 3.05) is 19.6 Å². The maximum Gasteiger partial charge on any atom is 0.251 e. The number of amides is 1. The Balaban J connectivity index is 2.60. The van der Waals surface area contributed by atoms with E-state index in [9.17, 15) is 13.2 Å². The maximum atomic E-state index is 12.1. The monoisotopic (exact) mass is 341 g/mol. The van der Waals surface area contributed by atoms with E-state index in [-0.39, 0.29) is 16.8 Å². The van der Waals surface area contributed by atoms with Crippen molar-refractivity contribution in [2.45, 2.75) is 44.6 Å². The minimum absolute atomic E-state index is 0.126. The fourth-order valence-corrected chi connectivity index (χ4v) is 3.20. The molecule has 0 bridgehead atoms. The van der Waals surface area contributed by atoms with Crippen LogP contribution < -0.4 is 15.4 Å². The van der Waals surface area contributed by atoms with E-state index in [1.807, 2.05) is 13.8 Å². The van der Waals surface area contributed by atoms with Crippen LogP contribution in [0.5, 0.6) is 0 Å². The molecule has 0 aromatic heterocycles. The number of nitrogens with one attached hydrogen (secondary N) is 3. The first-order valence-corrected chi connectivity index (χ1v) is 9.50. The largest absolute Gasteiger partial charge is 0.351 e. The lowest BCUT2D eigenvalue weighted by Crippen LogP contribution is -2.32. The fourth-order valence-electron chi connectivity index (χ4n) is 1.87. The maximum absolute atomic E-state index is 12.1. The lowest BCUT2D eigenvalue weighted by molar-refractivity contribution is 0.0954. The normalized spacial score (nSPS) is 12.8. The van der Waals surface area contributed by atoms with Gasteiger partial charge in [0.05, 0.1) is 4.90 Å². The van der Waals surface area contributed by atoms with Gasteiger partial charge in [-0.05, 0) is 50.6 Å². The van der Waals surface area contributed by atoms with E-state index in [4.69, 9.17) is 0 Å². The number of carbonyl (C=O) groups excluding carboxylic acids is 1. The molecule has 23 heavy (non-hydrogen) atoms. The highest BCUT2D eigenvalue weighted by atomic mass is 32.2. The molecular formula is C16H27N3O3S. The van der Waals surface area contributed by atoms with Crippen LogP contribution in [0.4, 0.5) is 0 Å². The predicted octanol–water partition coefficient (Wildman–Crippen LogP) is 1.49. The summed E-state index contributed by atoms with van der Waals surface area (Å²) in [5, 5.41) is 5.98. The summed E-state index contributed by atoms with van der Waals surface area (Å²) in [5.74, 6) is -0.206. The zero-order valence-electron chi connectivity index (χ0n) is 14.1. The number of carbonyl (C=O) groups is 1. The van der Waals surface area contributed by atoms with Gasteiger partial charge in [0, 0.05) is 24.7 Å². The van der Waals surface area contributed by atoms with Crippen molar-refractivity contribution >= 4 is 15.9 Å². The summed E-state index contributed by atoms with van der Waals surface area (Å²) in [7, 11) is -3.53. The first kappa shape index (κ1) is 19.6. The van der Waals surface area contributed by atoms with E-state index < -0.39 is 10.0 Å². The number of hydrogen-bond acceptors (Lipinski definition) is 4. The average molecular weight is 341 g/mol. The highest BCUT2D eigenvalue weighted by molar-refractivity contribution is 7.89. The van der Waals surface area contributed by atoms with E-state index in [2.05, 4.69) is 22.3 Å². The number of hydrogen-bond donors (Lipinski definition) is 3. The summed E-state index contributed by atoms with van der Waals surface area (Å²) in [6.07, 6.45) is 1.76. The van der Waals surface area contributed by atoms with Crippen LogP contribution in [0, 0.1) is 0 Å². The zero-order chi connectivity index (χ0) is 17.3. The smallest absolute Gasteiger partial charge is 0.251 e. The Hall–Kier alpha value is -1.44. The van der Waals surface area contributed by atoms with Gasteiger partial charge in [0.25, 0.3) is 5.91 Å². The minimum Gasteiger partial charge on any atom is -0.351 e. The van der Waals surface area contributed by atoms with Crippen molar-refractivity contribution in [3.63, 3.8) is 0 Å². The second-order valence-corrected chi connectivity index (χ2v) is 7.17. The summed E-state index contributed by atoms with van der Waals surface area (Å²) in [6.45, 7) is 7.98. The minimum atomic E-state index is -3.53. The summed E-state index contributed by atoms with van der Waals surface area (Å²) < 4.78 is 26.9. The molecule has 0 saturated carbocycles. The third-order valence-corrected chi connectivity index (χ3v) is 5.02. The first-order chi connectivity index (χ1) is 10.9. The van der Waals surface area contributed by atoms with Gasteiger partial charge in [-0.25, -0.2) is 13.1 Å². The Kier molecular flexibility index (Phi) is 8.22. The highest BCUT2D eigenvalue weighted by Crippen LogP contribution is 2.11. The second kappa shape index (κ2) is 9.64. The van der Waals surface area contributed by atoms with Gasteiger partial charge in [-0.15, -0.1) is 0 Å². The molecule has 1 atom stereocenters. The summed E-state index contributed by atoms with van der Waals surface area (Å²) >= 11 is 0. The lowest BCUT2D eigenvalue weighted by Gasteiger charge is -2.12. The third-order valence-electron chi connectivity index (χ3n) is 3.41. The van der Waals surface area contributed by atoms with Gasteiger partial charge < -0.3 is 10.6 Å². The van der Waals surface area contributed by atoms with Crippen LogP contribution in [0.15, 0.2) is 29.2 Å². The lowest BCUT2D eigenvalue weighted by atomic mass is 10.2. The van der Waals surface area contributed by atoms with Crippen LogP contribution in [0.25, 0.3) is 0 Å². The van der Waals surface area contributed by atoms with Crippen molar-refractivity contribution in [3.8, 4) is 0 Å². The molecule has 1 unspecified atom stereocenters. The van der Waals surface area contributed by atoms with Crippen molar-refractivity contribution in [1.82, 2.24) is 15.4 Å². The fraction of sp³-hybridized carbons (Fsp3) is 0.562. The first-order valence-electron chi connectivity index (χ1n) is 8.02. The van der Waals surface area contributed by atoms with Crippen LogP contribution in [-0.4, -0.2) is 40.0 Å². The van der Waals surface area contributed by atoms with Gasteiger partial charge in [0.2, 0.25) is 10.0 Å². The van der Waals surface area contributed by atoms with Crippen LogP contribution in [0.2, 0.25) is 0 Å². The average Bonchev–Trinajstić information content (AvgIpc) is 2.54. The summed E-state index contributed by atoms with van der Waals surface area (Å²) in [6, 6.07) is 5.84. The molecule has 0 heterocycles. The van der Waals surface area contributed by atoms with Gasteiger partial charge in [0.1, 0.15) is 0 Å². The predicted molar refractivity (Wildman–Crippen MR) is 92.0 cm³/mol. The molecule has 1 aromatic carbocycles. The molecule has 1 aromatic rings. The summed E-state index contributed by atoms with van der Waals surface area (Å²) in [5.41, 5.74) is 0.447. The van der Waals surface area contributed by atoms with E-state index >= 15 is 0 Å². The van der Waals surface area contributed by atoms with Gasteiger partial charge >= 0.3 is 0 Å². The molecule has 0 fully saturated rings. The zero-order valence-corrected chi connectivity index (χ0v) is 14.9. The van der Waals surface area contributed by atoms with E-state index in [0.29, 0.717) is 25.1 Å². The standard InChI is InChI=1S/C16H27N3O3S/c1-4-10-17-11-12-18-16(20)14-6-8-15(9-7-14)23(21,22)19-13(3)5-2/h6-9,13,17,19H,4-5,10-12H2,1-3H3,(H,18,20). The Morgan fingerprint density at radius 3 is 2.30 bits per heavy atom. The van der Waals surface area contributed by atoms with Crippen LogP contribution >= 0.6 is 0 Å². The van der Waals surface area contributed by atoms with E-state index in [0.717, 1.165) is 13.0 Å². The van der Waals surface area contributed by atoms with Crippen molar-refractivity contribution in [3.05, 3.63) is 29.8 Å². The van der Waals surface area contributed by atoms with Crippen molar-refractivity contribution < 1.29 is 13.2 Å². The van der Waals surface area contributed by atoms with E-state index in [1.165, 1.54) is 24.3 Å². The van der Waals surface area contributed by atoms with Crippen LogP contribution in [-0.2, 0) is 10.0 Å². The van der Waals surface area contributed by atoms with Gasteiger partial charge in [-0.2, -0.15) is 0 Å². The molecule has 1 amide bonds. The SMILES string of the molecule is CCCNCCNC(=O)c1ccc(S(=O)(=O)NC(C)CC)cc1. The molecule has 3 N–H and O–H groups in total. The Bertz CT molecular complexity index is 585. The number of rotatable bonds is 10. The highest BCUT2D eigenvalue weighted by Gasteiger charge is 2.16. The molecule has 0 spiro atoms. The molecule has 1 rings (SSSR count). The van der Waals surface area contributed by atoms with Gasteiger partial charge in [-0.3, -0.25) is 4.79 Å². The molecule has 130 valence electrons. The van der Waals surface area contributed by atoms with E-state index in [1.54, 1.807) is 0 Å². The van der Waals surface area contributed by atoms with Crippen LogP contribution in [0.1, 0.15) is 44.0 Å². The van der Waals surface area contributed by atoms with Crippen molar-refractivity contribution in [1.29, 1.82) is 0 Å². The molecule has 0 radical (unpaired) electrons. The van der Waals surface area contributed by atoms with Crippen LogP contribution in [0.3, 0.4) is 0 Å². The quantitative estimate of drug-likeness (QED) is 0.563. The Morgan fingerprint density at radius 1 is 1.09 bits per heavy atom. The summed E-state index contributed by atoms with van der Waals surface area (Å²) in [4.78, 5) is 12.1. The molecular weight excluding hydrogens is 314 g/mol. The molecule has 6 nitrogen and oxygen atoms in total. The Labute approximate surface area is 139 Å². The third kappa shape index (κ3) is 6.68. The van der Waals surface area contributed by atoms with Gasteiger partial charge in [0.15, 0.2) is 0 Å². The molecule has 0 aliphatic heterocycles. The molecule has 7 heteroatoms. The topological polar surface area (TPSA) is 87.3 Å². The second-order valence-electron chi connectivity index (χ2n) is 5.46. The Morgan fingerprint density at radius 2 is 1.74 bits per heavy atom. The number of benzene rings is 1.